The first-order valence-corrected chi connectivity index (χ1v) is 6.23. The number of piperidine rings is 1. The number of aromatic nitrogens is 1. The van der Waals surface area contributed by atoms with Crippen molar-refractivity contribution in [1.29, 1.82) is 0 Å². The molecule has 1 aliphatic rings. The maximum atomic E-state index is 13.3. The number of hydrogen-bond acceptors (Lipinski definition) is 1. The standard InChI is InChI=1S/C14H17FN2/c1-9-7-16-5-4-11(9)13-8-17-14-3-2-10(15)6-12(13)14/h2-3,6,8-9,11,16-17H,4-5,7H2,1H3. The normalized spacial score (nSPS) is 25.3. The van der Waals surface area contributed by atoms with Gasteiger partial charge in [-0.15, -0.1) is 0 Å². The Hall–Kier alpha value is -1.35. The molecule has 90 valence electrons. The Morgan fingerprint density at radius 2 is 2.24 bits per heavy atom. The van der Waals surface area contributed by atoms with E-state index in [1.807, 2.05) is 6.07 Å². The summed E-state index contributed by atoms with van der Waals surface area (Å²) in [4.78, 5) is 3.25. The van der Waals surface area contributed by atoms with Crippen molar-refractivity contribution in [2.45, 2.75) is 19.3 Å². The van der Waals surface area contributed by atoms with Crippen molar-refractivity contribution in [2.24, 2.45) is 5.92 Å². The summed E-state index contributed by atoms with van der Waals surface area (Å²) < 4.78 is 13.3. The first kappa shape index (κ1) is 10.8. The second-order valence-electron chi connectivity index (χ2n) is 5.01. The smallest absolute Gasteiger partial charge is 0.123 e. The Morgan fingerprint density at radius 1 is 1.35 bits per heavy atom. The first-order valence-electron chi connectivity index (χ1n) is 6.23. The number of fused-ring (bicyclic) bond motifs is 1. The topological polar surface area (TPSA) is 27.8 Å². The van der Waals surface area contributed by atoms with Crippen LogP contribution >= 0.6 is 0 Å². The zero-order valence-corrected chi connectivity index (χ0v) is 9.96. The van der Waals surface area contributed by atoms with E-state index in [4.69, 9.17) is 0 Å². The lowest BCUT2D eigenvalue weighted by atomic mass is 9.82. The van der Waals surface area contributed by atoms with Crippen molar-refractivity contribution in [1.82, 2.24) is 10.3 Å². The third-order valence-electron chi connectivity index (χ3n) is 3.86. The van der Waals surface area contributed by atoms with E-state index in [1.54, 1.807) is 6.07 Å². The summed E-state index contributed by atoms with van der Waals surface area (Å²) in [5.74, 6) is 0.984. The lowest BCUT2D eigenvalue weighted by Crippen LogP contribution is -2.33. The molecule has 0 spiro atoms. The van der Waals surface area contributed by atoms with Crippen LogP contribution in [0.4, 0.5) is 4.39 Å². The third kappa shape index (κ3) is 1.84. The second-order valence-corrected chi connectivity index (χ2v) is 5.01. The fourth-order valence-electron chi connectivity index (χ4n) is 2.90. The number of benzene rings is 1. The highest BCUT2D eigenvalue weighted by atomic mass is 19.1. The van der Waals surface area contributed by atoms with Gasteiger partial charge in [0.15, 0.2) is 0 Å². The maximum Gasteiger partial charge on any atom is 0.123 e. The Bertz CT molecular complexity index is 532. The van der Waals surface area contributed by atoms with E-state index < -0.39 is 0 Å². The maximum absolute atomic E-state index is 13.3. The van der Waals surface area contributed by atoms with Crippen LogP contribution < -0.4 is 5.32 Å². The van der Waals surface area contributed by atoms with Crippen LogP contribution in [0.15, 0.2) is 24.4 Å². The molecule has 2 unspecified atom stereocenters. The Kier molecular flexibility index (Phi) is 2.63. The summed E-state index contributed by atoms with van der Waals surface area (Å²) in [6.07, 6.45) is 3.18. The van der Waals surface area contributed by atoms with Gasteiger partial charge in [0.2, 0.25) is 0 Å². The lowest BCUT2D eigenvalue weighted by molar-refractivity contribution is 0.351. The molecule has 3 rings (SSSR count). The van der Waals surface area contributed by atoms with Gasteiger partial charge in [-0.25, -0.2) is 4.39 Å². The minimum Gasteiger partial charge on any atom is -0.361 e. The van der Waals surface area contributed by atoms with Crippen molar-refractivity contribution in [2.75, 3.05) is 13.1 Å². The first-order chi connectivity index (χ1) is 8.25. The molecule has 17 heavy (non-hydrogen) atoms. The summed E-state index contributed by atoms with van der Waals surface area (Å²) in [7, 11) is 0. The fraction of sp³-hybridized carbons (Fsp3) is 0.429. The zero-order chi connectivity index (χ0) is 11.8. The third-order valence-corrected chi connectivity index (χ3v) is 3.86. The average molecular weight is 232 g/mol. The molecule has 2 nitrogen and oxygen atoms in total. The molecule has 1 aromatic heterocycles. The molecule has 0 saturated carbocycles. The monoisotopic (exact) mass is 232 g/mol. The number of aromatic amines is 1. The minimum absolute atomic E-state index is 0.153. The van der Waals surface area contributed by atoms with Crippen molar-refractivity contribution < 1.29 is 4.39 Å². The van der Waals surface area contributed by atoms with E-state index in [-0.39, 0.29) is 5.82 Å². The molecule has 1 aromatic carbocycles. The minimum atomic E-state index is -0.153. The van der Waals surface area contributed by atoms with Crippen LogP contribution in [0, 0.1) is 11.7 Å². The summed E-state index contributed by atoms with van der Waals surface area (Å²) in [5.41, 5.74) is 2.31. The van der Waals surface area contributed by atoms with Crippen molar-refractivity contribution in [3.05, 3.63) is 35.8 Å². The molecule has 2 atom stereocenters. The molecule has 2 heterocycles. The van der Waals surface area contributed by atoms with Crippen molar-refractivity contribution in [3.8, 4) is 0 Å². The largest absolute Gasteiger partial charge is 0.361 e. The molecule has 2 N–H and O–H groups in total. The highest BCUT2D eigenvalue weighted by molar-refractivity contribution is 5.83. The quantitative estimate of drug-likeness (QED) is 0.777. The molecule has 0 amide bonds. The lowest BCUT2D eigenvalue weighted by Gasteiger charge is -2.29. The summed E-state index contributed by atoms with van der Waals surface area (Å²) in [6, 6.07) is 4.98. The van der Waals surface area contributed by atoms with E-state index in [2.05, 4.69) is 23.4 Å². The second kappa shape index (κ2) is 4.15. The summed E-state index contributed by atoms with van der Waals surface area (Å²) in [6.45, 7) is 4.36. The molecule has 0 bridgehead atoms. The summed E-state index contributed by atoms with van der Waals surface area (Å²) in [5, 5.41) is 4.45. The van der Waals surface area contributed by atoms with Crippen LogP contribution in [0.3, 0.4) is 0 Å². The van der Waals surface area contributed by atoms with Crippen molar-refractivity contribution in [3.63, 3.8) is 0 Å². The molecule has 2 aromatic rings. The number of hydrogen-bond donors (Lipinski definition) is 2. The summed E-state index contributed by atoms with van der Waals surface area (Å²) >= 11 is 0. The number of rotatable bonds is 1. The van der Waals surface area contributed by atoms with Crippen LogP contribution in [-0.2, 0) is 0 Å². The molecule has 1 aliphatic heterocycles. The SMILES string of the molecule is CC1CNCCC1c1c[nH]c2ccc(F)cc12. The van der Waals surface area contributed by atoms with E-state index >= 15 is 0 Å². The van der Waals surface area contributed by atoms with Crippen molar-refractivity contribution >= 4 is 10.9 Å². The van der Waals surface area contributed by atoms with Gasteiger partial charge in [0.1, 0.15) is 5.82 Å². The predicted octanol–water partition coefficient (Wildman–Crippen LogP) is 3.02. The molecule has 0 aliphatic carbocycles. The number of nitrogens with one attached hydrogen (secondary N) is 2. The number of H-pyrrole nitrogens is 1. The molecular weight excluding hydrogens is 215 g/mol. The highest BCUT2D eigenvalue weighted by Gasteiger charge is 2.24. The molecule has 0 radical (unpaired) electrons. The molecule has 1 fully saturated rings. The van der Waals surface area contributed by atoms with Gasteiger partial charge in [0.25, 0.3) is 0 Å². The van der Waals surface area contributed by atoms with Gasteiger partial charge in [0.05, 0.1) is 0 Å². The van der Waals surface area contributed by atoms with E-state index in [0.717, 1.165) is 30.4 Å². The van der Waals surface area contributed by atoms with Gasteiger partial charge >= 0.3 is 0 Å². The van der Waals surface area contributed by atoms with Crippen LogP contribution in [-0.4, -0.2) is 18.1 Å². The molecular formula is C14H17FN2. The molecule has 1 saturated heterocycles. The zero-order valence-electron chi connectivity index (χ0n) is 9.96. The Labute approximate surface area is 100 Å². The van der Waals surface area contributed by atoms with E-state index in [1.165, 1.54) is 11.6 Å². The predicted molar refractivity (Wildman–Crippen MR) is 67.6 cm³/mol. The highest BCUT2D eigenvalue weighted by Crippen LogP contribution is 2.34. The Balaban J connectivity index is 2.07. The van der Waals surface area contributed by atoms with E-state index in [9.17, 15) is 4.39 Å². The van der Waals surface area contributed by atoms with Crippen LogP contribution in [0.1, 0.15) is 24.8 Å². The van der Waals surface area contributed by atoms with Gasteiger partial charge in [0, 0.05) is 17.1 Å². The van der Waals surface area contributed by atoms with Gasteiger partial charge < -0.3 is 10.3 Å². The van der Waals surface area contributed by atoms with Crippen LogP contribution in [0.2, 0.25) is 0 Å². The Morgan fingerprint density at radius 3 is 3.06 bits per heavy atom. The van der Waals surface area contributed by atoms with Gasteiger partial charge in [-0.2, -0.15) is 0 Å². The fourth-order valence-corrected chi connectivity index (χ4v) is 2.90. The number of halogens is 1. The van der Waals surface area contributed by atoms with Gasteiger partial charge in [-0.1, -0.05) is 6.92 Å². The molecule has 3 heteroatoms. The van der Waals surface area contributed by atoms with Crippen LogP contribution in [0.25, 0.3) is 10.9 Å². The van der Waals surface area contributed by atoms with Gasteiger partial charge in [-0.05, 0) is 55.1 Å². The van der Waals surface area contributed by atoms with Crippen LogP contribution in [0.5, 0.6) is 0 Å². The van der Waals surface area contributed by atoms with E-state index in [0.29, 0.717) is 11.8 Å². The van der Waals surface area contributed by atoms with Gasteiger partial charge in [-0.3, -0.25) is 0 Å². The average Bonchev–Trinajstić information content (AvgIpc) is 2.72.